The van der Waals surface area contributed by atoms with Gasteiger partial charge in [0.05, 0.1) is 6.10 Å². The molecule has 1 saturated heterocycles. The van der Waals surface area contributed by atoms with E-state index in [-0.39, 0.29) is 0 Å². The van der Waals surface area contributed by atoms with Gasteiger partial charge in [-0.3, -0.25) is 0 Å². The molecular formula is C6H11BrO. The van der Waals surface area contributed by atoms with Crippen molar-refractivity contribution in [1.82, 2.24) is 0 Å². The Kier molecular flexibility index (Phi) is 2.32. The molecule has 0 bridgehead atoms. The Morgan fingerprint density at radius 1 is 1.50 bits per heavy atom. The first-order valence-electron chi connectivity index (χ1n) is 3.08. The lowest BCUT2D eigenvalue weighted by atomic mass is 10.1. The largest absolute Gasteiger partial charge is 0.364 e. The average Bonchev–Trinajstić information content (AvgIpc) is 1.64. The van der Waals surface area contributed by atoms with E-state index >= 15 is 0 Å². The van der Waals surface area contributed by atoms with Gasteiger partial charge < -0.3 is 4.74 Å². The maximum absolute atomic E-state index is 5.40. The maximum atomic E-state index is 5.40. The van der Waals surface area contributed by atoms with Crippen molar-refractivity contribution in [3.63, 3.8) is 0 Å². The summed E-state index contributed by atoms with van der Waals surface area (Å²) in [5.41, 5.74) is 0. The molecule has 1 nitrogen and oxygen atoms in total. The van der Waals surface area contributed by atoms with Crippen molar-refractivity contribution < 1.29 is 4.74 Å². The monoisotopic (exact) mass is 178 g/mol. The highest BCUT2D eigenvalue weighted by Gasteiger charge is 2.15. The highest BCUT2D eigenvalue weighted by atomic mass is 79.9. The van der Waals surface area contributed by atoms with Crippen LogP contribution < -0.4 is 0 Å². The van der Waals surface area contributed by atoms with Crippen LogP contribution in [0.5, 0.6) is 0 Å². The topological polar surface area (TPSA) is 9.23 Å². The number of hydrogen-bond acceptors (Lipinski definition) is 1. The van der Waals surface area contributed by atoms with Crippen molar-refractivity contribution in [2.45, 2.75) is 37.3 Å². The molecule has 0 amide bonds. The van der Waals surface area contributed by atoms with E-state index in [0.29, 0.717) is 11.1 Å². The molecule has 1 rings (SSSR count). The highest BCUT2D eigenvalue weighted by Crippen LogP contribution is 2.21. The predicted octanol–water partition coefficient (Wildman–Crippen LogP) is 2.30. The van der Waals surface area contributed by atoms with E-state index in [1.54, 1.807) is 0 Å². The third kappa shape index (κ3) is 1.75. The van der Waals surface area contributed by atoms with Gasteiger partial charge in [-0.1, -0.05) is 15.9 Å². The molecule has 1 fully saturated rings. The van der Waals surface area contributed by atoms with Crippen LogP contribution >= 0.6 is 15.9 Å². The molecule has 8 heavy (non-hydrogen) atoms. The highest BCUT2D eigenvalue weighted by molar-refractivity contribution is 9.09. The minimum atomic E-state index is 0.325. The predicted molar refractivity (Wildman–Crippen MR) is 37.1 cm³/mol. The standard InChI is InChI=1S/C6H11BrO/c1-5-3-2-4-6(7)8-5/h5-6H,2-4H2,1H3. The van der Waals surface area contributed by atoms with Gasteiger partial charge in [0.15, 0.2) is 0 Å². The van der Waals surface area contributed by atoms with Crippen molar-refractivity contribution in [1.29, 1.82) is 0 Å². The first-order chi connectivity index (χ1) is 3.79. The lowest BCUT2D eigenvalue weighted by molar-refractivity contribution is 0.0117. The van der Waals surface area contributed by atoms with Gasteiger partial charge in [0.25, 0.3) is 0 Å². The molecule has 1 aliphatic heterocycles. The zero-order valence-electron chi connectivity index (χ0n) is 5.06. The number of ether oxygens (including phenoxy) is 1. The molecule has 0 spiro atoms. The Morgan fingerprint density at radius 2 is 2.25 bits per heavy atom. The fourth-order valence-electron chi connectivity index (χ4n) is 0.954. The smallest absolute Gasteiger partial charge is 0.112 e. The van der Waals surface area contributed by atoms with Crippen molar-refractivity contribution in [3.05, 3.63) is 0 Å². The second-order valence-corrected chi connectivity index (χ2v) is 3.31. The van der Waals surface area contributed by atoms with E-state index < -0.39 is 0 Å². The average molecular weight is 179 g/mol. The van der Waals surface area contributed by atoms with E-state index in [2.05, 4.69) is 22.9 Å². The van der Waals surface area contributed by atoms with Gasteiger partial charge in [-0.2, -0.15) is 0 Å². The number of hydrogen-bond donors (Lipinski definition) is 0. The van der Waals surface area contributed by atoms with Gasteiger partial charge in [-0.15, -0.1) is 0 Å². The summed E-state index contributed by atoms with van der Waals surface area (Å²) in [5, 5.41) is 0.325. The Balaban J connectivity index is 2.23. The molecule has 2 heteroatoms. The van der Waals surface area contributed by atoms with Gasteiger partial charge in [-0.25, -0.2) is 0 Å². The minimum Gasteiger partial charge on any atom is -0.364 e. The van der Waals surface area contributed by atoms with Gasteiger partial charge >= 0.3 is 0 Å². The molecule has 0 aliphatic carbocycles. The van der Waals surface area contributed by atoms with Crippen LogP contribution in [0, 0.1) is 0 Å². The quantitative estimate of drug-likeness (QED) is 0.518. The van der Waals surface area contributed by atoms with Gasteiger partial charge in [-0.05, 0) is 26.2 Å². The van der Waals surface area contributed by atoms with Crippen LogP contribution in [0.1, 0.15) is 26.2 Å². The maximum Gasteiger partial charge on any atom is 0.112 e. The second kappa shape index (κ2) is 2.83. The molecule has 2 unspecified atom stereocenters. The van der Waals surface area contributed by atoms with E-state index in [1.165, 1.54) is 19.3 Å². The summed E-state index contributed by atoms with van der Waals surface area (Å²) in [6, 6.07) is 0. The SMILES string of the molecule is CC1CCCC(Br)O1. The lowest BCUT2D eigenvalue weighted by Gasteiger charge is -2.23. The van der Waals surface area contributed by atoms with Gasteiger partial charge in [0.1, 0.15) is 5.01 Å². The molecule has 1 aliphatic rings. The van der Waals surface area contributed by atoms with E-state index in [0.717, 1.165) is 0 Å². The first kappa shape index (κ1) is 6.56. The Morgan fingerprint density at radius 3 is 2.62 bits per heavy atom. The molecule has 0 radical (unpaired) electrons. The summed E-state index contributed by atoms with van der Waals surface area (Å²) in [6.07, 6.45) is 4.16. The number of halogens is 1. The van der Waals surface area contributed by atoms with Crippen LogP contribution in [-0.2, 0) is 4.74 Å². The first-order valence-corrected chi connectivity index (χ1v) is 4.00. The summed E-state index contributed by atoms with van der Waals surface area (Å²) in [7, 11) is 0. The second-order valence-electron chi connectivity index (χ2n) is 2.29. The van der Waals surface area contributed by atoms with Crippen LogP contribution in [0.2, 0.25) is 0 Å². The molecule has 0 saturated carbocycles. The fraction of sp³-hybridized carbons (Fsp3) is 1.00. The van der Waals surface area contributed by atoms with E-state index in [1.807, 2.05) is 0 Å². The van der Waals surface area contributed by atoms with Crippen LogP contribution in [0.15, 0.2) is 0 Å². The van der Waals surface area contributed by atoms with Crippen LogP contribution in [0.3, 0.4) is 0 Å². The van der Waals surface area contributed by atoms with E-state index in [9.17, 15) is 0 Å². The summed E-state index contributed by atoms with van der Waals surface area (Å²) in [5.74, 6) is 0. The summed E-state index contributed by atoms with van der Waals surface area (Å²) >= 11 is 3.41. The van der Waals surface area contributed by atoms with Crippen molar-refractivity contribution in [2.24, 2.45) is 0 Å². The number of alkyl halides is 1. The Labute approximate surface area is 58.5 Å². The summed E-state index contributed by atoms with van der Waals surface area (Å²) < 4.78 is 5.40. The fourth-order valence-corrected chi connectivity index (χ4v) is 1.65. The summed E-state index contributed by atoms with van der Waals surface area (Å²) in [6.45, 7) is 2.12. The molecule has 0 N–H and O–H groups in total. The molecular weight excluding hydrogens is 168 g/mol. The Bertz CT molecular complexity index is 66.9. The molecule has 1 heterocycles. The van der Waals surface area contributed by atoms with Gasteiger partial charge in [0, 0.05) is 0 Å². The lowest BCUT2D eigenvalue weighted by Crippen LogP contribution is -2.20. The molecule has 0 aromatic heterocycles. The number of rotatable bonds is 0. The minimum absolute atomic E-state index is 0.325. The molecule has 48 valence electrons. The zero-order chi connectivity index (χ0) is 5.98. The molecule has 0 aromatic rings. The summed E-state index contributed by atoms with van der Waals surface area (Å²) in [4.78, 5) is 0. The third-order valence-electron chi connectivity index (χ3n) is 1.42. The molecule has 0 aromatic carbocycles. The zero-order valence-corrected chi connectivity index (χ0v) is 6.65. The van der Waals surface area contributed by atoms with E-state index in [4.69, 9.17) is 4.74 Å². The third-order valence-corrected chi connectivity index (χ3v) is 2.10. The molecule has 2 atom stereocenters. The Hall–Kier alpha value is 0.440. The van der Waals surface area contributed by atoms with Crippen LogP contribution in [0.4, 0.5) is 0 Å². The normalized spacial score (nSPS) is 39.8. The van der Waals surface area contributed by atoms with Crippen LogP contribution in [0.25, 0.3) is 0 Å². The van der Waals surface area contributed by atoms with Gasteiger partial charge in [0.2, 0.25) is 0 Å². The van der Waals surface area contributed by atoms with Crippen LogP contribution in [-0.4, -0.2) is 11.1 Å². The van der Waals surface area contributed by atoms with Crippen molar-refractivity contribution >= 4 is 15.9 Å². The van der Waals surface area contributed by atoms with Crippen molar-refractivity contribution in [3.8, 4) is 0 Å². The van der Waals surface area contributed by atoms with Crippen molar-refractivity contribution in [2.75, 3.05) is 0 Å².